The summed E-state index contributed by atoms with van der Waals surface area (Å²) in [7, 11) is -8.77. The number of anilines is 1. The first kappa shape index (κ1) is 37.2. The van der Waals surface area contributed by atoms with Gasteiger partial charge in [0.05, 0.1) is 14.1 Å². The van der Waals surface area contributed by atoms with Gasteiger partial charge in [0.2, 0.25) is 5.82 Å². The van der Waals surface area contributed by atoms with Gasteiger partial charge in [0.15, 0.2) is 38.5 Å². The Morgan fingerprint density at radius 2 is 1.21 bits per heavy atom. The Bertz CT molecular complexity index is 1300. The van der Waals surface area contributed by atoms with E-state index in [0.717, 1.165) is 0 Å². The second kappa shape index (κ2) is 14.9. The van der Waals surface area contributed by atoms with Crippen molar-refractivity contribution in [3.8, 4) is 0 Å². The van der Waals surface area contributed by atoms with Gasteiger partial charge in [0.1, 0.15) is 5.69 Å². The smallest absolute Gasteiger partial charge is 0.485 e. The number of alkyl halides is 6. The largest absolute Gasteiger partial charge is 0.741 e. The van der Waals surface area contributed by atoms with Gasteiger partial charge in [-0.2, -0.15) is 31.4 Å². The van der Waals surface area contributed by atoms with Crippen molar-refractivity contribution in [2.45, 2.75) is 11.0 Å². The number of pyridine rings is 2. The molecule has 0 unspecified atom stereocenters. The molecule has 2 heterocycles. The van der Waals surface area contributed by atoms with Crippen molar-refractivity contribution in [2.75, 3.05) is 19.1 Å². The fraction of sp³-hybridized carbons (Fsp3) is 0.250. The maximum absolute atomic E-state index is 10.7. The minimum absolute atomic E-state index is 0. The average molecular weight is 648 g/mol. The molecule has 0 aliphatic rings. The third-order valence-corrected chi connectivity index (χ3v) is 4.39. The summed E-state index contributed by atoms with van der Waals surface area (Å²) in [5, 5.41) is 5.79. The number of hydrogen-bond acceptors (Lipinski definition) is 11. The van der Waals surface area contributed by atoms with Gasteiger partial charge in [-0.3, -0.25) is 9.59 Å². The van der Waals surface area contributed by atoms with Crippen LogP contribution in [-0.4, -0.2) is 78.3 Å². The van der Waals surface area contributed by atoms with Crippen molar-refractivity contribution >= 4 is 44.4 Å². The maximum Gasteiger partial charge on any atom is 0.485 e. The quantitative estimate of drug-likeness (QED) is 0.0673. The molecule has 0 spiro atoms. The van der Waals surface area contributed by atoms with Crippen molar-refractivity contribution in [3.05, 3.63) is 47.8 Å². The molecule has 0 aliphatic carbocycles. The molecule has 0 aliphatic heterocycles. The first-order chi connectivity index (χ1) is 16.6. The number of rotatable bonds is 5. The Hall–Kier alpha value is -2.94. The summed E-state index contributed by atoms with van der Waals surface area (Å²) in [6.07, 6.45) is 1.35. The fourth-order valence-corrected chi connectivity index (χ4v) is 1.66. The number of halogens is 6. The number of hydrogen-bond donors (Lipinski definition) is 0. The van der Waals surface area contributed by atoms with Crippen molar-refractivity contribution in [2.24, 2.45) is 5.22 Å². The summed E-state index contributed by atoms with van der Waals surface area (Å²) in [5.74, 6) is 1.05. The van der Waals surface area contributed by atoms with E-state index in [1.54, 1.807) is 50.5 Å². The molecular weight excluding hydrogens is 634 g/mol. The normalized spacial score (nSPS) is 12.0. The number of carbonyl (C=O) groups is 2. The van der Waals surface area contributed by atoms with Crippen LogP contribution in [0.2, 0.25) is 0 Å². The van der Waals surface area contributed by atoms with Crippen LogP contribution < -0.4 is 5.01 Å². The Balaban J connectivity index is 0. The second-order valence-corrected chi connectivity index (χ2v) is 8.76. The number of nitrogens with zero attached hydrogens (tertiary/aromatic N) is 5. The van der Waals surface area contributed by atoms with Gasteiger partial charge in [0, 0.05) is 30.8 Å². The molecule has 38 heavy (non-hydrogen) atoms. The molecule has 0 bridgehead atoms. The number of aldehydes is 2. The van der Waals surface area contributed by atoms with E-state index in [4.69, 9.17) is 25.9 Å². The monoisotopic (exact) mass is 646 g/mol. The Labute approximate surface area is 223 Å². The predicted molar refractivity (Wildman–Crippen MR) is 107 cm³/mol. The zero-order valence-electron chi connectivity index (χ0n) is 18.9. The summed E-state index contributed by atoms with van der Waals surface area (Å²) < 4.78 is 119. The molecule has 0 saturated heterocycles. The van der Waals surface area contributed by atoms with Crippen molar-refractivity contribution in [1.29, 1.82) is 0 Å². The van der Waals surface area contributed by atoms with Crippen molar-refractivity contribution in [3.63, 3.8) is 0 Å². The molecule has 0 amide bonds. The van der Waals surface area contributed by atoms with Crippen molar-refractivity contribution in [1.82, 2.24) is 9.97 Å². The zero-order valence-corrected chi connectivity index (χ0v) is 23.5. The van der Waals surface area contributed by atoms with Crippen LogP contribution in [0, 0.1) is 0 Å². The van der Waals surface area contributed by atoms with E-state index in [2.05, 4.69) is 15.2 Å². The number of aromatic nitrogens is 2. The third-order valence-electron chi connectivity index (χ3n) is 3.25. The standard InChI is InChI=1S/C14H14N5O2.2CHF3O3S.Zn/c1-18(13-7-3-5-11(9-20)15-13)17-19(2)14-8-4-6-12(10-21)16-14;2*2-1(3,4)8(5,6)7;/h3-10H,1-2H3;2*(H,5,6,7);/q+1;;;/p-2. The second-order valence-electron chi connectivity index (χ2n) is 6.01. The van der Waals surface area contributed by atoms with E-state index < -0.39 is 31.3 Å². The van der Waals surface area contributed by atoms with E-state index in [-0.39, 0.29) is 19.5 Å². The minimum atomic E-state index is -6.09. The Morgan fingerprint density at radius 1 is 0.842 bits per heavy atom. The molecule has 2 rings (SSSR count). The summed E-state index contributed by atoms with van der Waals surface area (Å²) in [5.41, 5.74) is -10.6. The minimum Gasteiger partial charge on any atom is -0.741 e. The van der Waals surface area contributed by atoms with Gasteiger partial charge in [-0.05, 0) is 18.2 Å². The zero-order chi connectivity index (χ0) is 29.2. The van der Waals surface area contributed by atoms with E-state index in [1.165, 1.54) is 9.71 Å². The first-order valence-corrected chi connectivity index (χ1v) is 11.5. The maximum atomic E-state index is 10.7. The summed E-state index contributed by atoms with van der Waals surface area (Å²) >= 11 is 0. The predicted octanol–water partition coefficient (Wildman–Crippen LogP) is 1.98. The third kappa shape index (κ3) is 13.0. The van der Waals surface area contributed by atoms with Gasteiger partial charge in [0.25, 0.3) is 5.82 Å². The fourth-order valence-electron chi connectivity index (χ4n) is 1.66. The van der Waals surface area contributed by atoms with Gasteiger partial charge >= 0.3 is 11.0 Å². The topological polar surface area (TPSA) is 193 Å². The summed E-state index contributed by atoms with van der Waals surface area (Å²) in [6.45, 7) is 0. The van der Waals surface area contributed by atoms with Crippen LogP contribution in [0.15, 0.2) is 41.6 Å². The molecular formula is C16H14F6N5O8S2Zn-. The molecule has 0 atom stereocenters. The van der Waals surface area contributed by atoms with Crippen molar-refractivity contribution < 1.29 is 86.0 Å². The molecule has 0 fully saturated rings. The summed E-state index contributed by atoms with van der Waals surface area (Å²) in [4.78, 5) is 29.7. The first-order valence-electron chi connectivity index (χ1n) is 8.71. The van der Waals surface area contributed by atoms with Crippen LogP contribution in [0.3, 0.4) is 0 Å². The van der Waals surface area contributed by atoms with Crippen LogP contribution in [0.1, 0.15) is 21.0 Å². The van der Waals surface area contributed by atoms with Gasteiger partial charge in [-0.15, -0.1) is 4.70 Å². The molecule has 2 aromatic rings. The van der Waals surface area contributed by atoms with Crippen LogP contribution in [0.25, 0.3) is 0 Å². The summed E-state index contributed by atoms with van der Waals surface area (Å²) in [6, 6.07) is 10.2. The van der Waals surface area contributed by atoms with E-state index in [0.29, 0.717) is 35.6 Å². The van der Waals surface area contributed by atoms with Gasteiger partial charge in [-0.1, -0.05) is 17.1 Å². The molecule has 0 radical (unpaired) electrons. The van der Waals surface area contributed by atoms with Crippen LogP contribution in [0.5, 0.6) is 0 Å². The molecule has 0 N–H and O–H groups in total. The van der Waals surface area contributed by atoms with Gasteiger partial charge < -0.3 is 9.11 Å². The molecule has 2 aromatic heterocycles. The Kier molecular flexibility index (Phi) is 14.6. The SMILES string of the molecule is CN(/N=[N+](\C)c1cccc(C=O)n1)c1cccc(C=O)n1.O=S(=O)([O-])C(F)(F)F.O=S(=O)([O-])C(F)(F)F.[Zn]. The molecule has 0 saturated carbocycles. The van der Waals surface area contributed by atoms with E-state index in [9.17, 15) is 35.9 Å². The molecule has 208 valence electrons. The Morgan fingerprint density at radius 3 is 1.58 bits per heavy atom. The van der Waals surface area contributed by atoms with Crippen LogP contribution in [-0.2, 0) is 39.7 Å². The molecule has 13 nitrogen and oxygen atoms in total. The average Bonchev–Trinajstić information content (AvgIpc) is 2.77. The van der Waals surface area contributed by atoms with Crippen LogP contribution >= 0.6 is 0 Å². The molecule has 0 aromatic carbocycles. The van der Waals surface area contributed by atoms with Gasteiger partial charge in [-0.25, -0.2) is 21.8 Å². The van der Waals surface area contributed by atoms with Crippen LogP contribution in [0.4, 0.5) is 38.0 Å². The molecule has 22 heteroatoms. The number of carbonyl (C=O) groups excluding carboxylic acids is 2. The van der Waals surface area contributed by atoms with E-state index >= 15 is 0 Å². The van der Waals surface area contributed by atoms with E-state index in [1.807, 2.05) is 0 Å².